The number of nitrogens with one attached hydrogen (secondary N) is 3. The molecule has 1 saturated heterocycles. The van der Waals surface area contributed by atoms with E-state index in [9.17, 15) is 19.2 Å². The zero-order valence-corrected chi connectivity index (χ0v) is 20.9. The maximum absolute atomic E-state index is 12.6. The highest BCUT2D eigenvalue weighted by molar-refractivity contribution is 5.98. The van der Waals surface area contributed by atoms with E-state index in [0.29, 0.717) is 18.8 Å². The topological polar surface area (TPSA) is 161 Å². The Balaban J connectivity index is 0.00000182. The van der Waals surface area contributed by atoms with Gasteiger partial charge in [-0.25, -0.2) is 0 Å². The van der Waals surface area contributed by atoms with Gasteiger partial charge in [-0.2, -0.15) is 0 Å². The van der Waals surface area contributed by atoms with Crippen LogP contribution in [0.4, 0.5) is 0 Å². The third-order valence-electron chi connectivity index (χ3n) is 4.70. The van der Waals surface area contributed by atoms with Crippen LogP contribution in [0.1, 0.15) is 43.4 Å². The molecule has 1 fully saturated rings. The second kappa shape index (κ2) is 13.8. The summed E-state index contributed by atoms with van der Waals surface area (Å²) in [5.74, 6) is -1.31. The van der Waals surface area contributed by atoms with Crippen molar-refractivity contribution in [2.45, 2.75) is 51.8 Å². The van der Waals surface area contributed by atoms with Crippen molar-refractivity contribution >= 4 is 23.5 Å². The SMILES string of the molecule is COC.COCC(NC(=O)c1cc(C)on1)C(=O)NCC(=O)N[C@@H](CC(C)C)C(=O)[C@@]1(C)CO1. The molecular formula is C22H36N4O8. The Morgan fingerprint density at radius 1 is 1.15 bits per heavy atom. The summed E-state index contributed by atoms with van der Waals surface area (Å²) in [6.07, 6.45) is 0.455. The number of aryl methyl sites for hydroxylation is 1. The fraction of sp³-hybridized carbons (Fsp3) is 0.682. The maximum Gasteiger partial charge on any atom is 0.274 e. The molecule has 1 aromatic rings. The first-order chi connectivity index (χ1) is 16.0. The van der Waals surface area contributed by atoms with Crippen LogP contribution in [0.15, 0.2) is 10.6 Å². The van der Waals surface area contributed by atoms with E-state index in [2.05, 4.69) is 25.8 Å². The number of Topliss-reactive ketones (excluding diaryl/α,β-unsaturated/α-hetero) is 1. The summed E-state index contributed by atoms with van der Waals surface area (Å²) in [5, 5.41) is 11.2. The van der Waals surface area contributed by atoms with Crippen LogP contribution < -0.4 is 16.0 Å². The summed E-state index contributed by atoms with van der Waals surface area (Å²) >= 11 is 0. The molecule has 192 valence electrons. The lowest BCUT2D eigenvalue weighted by atomic mass is 9.93. The highest BCUT2D eigenvalue weighted by atomic mass is 16.6. The zero-order valence-electron chi connectivity index (χ0n) is 20.9. The molecule has 0 radical (unpaired) electrons. The van der Waals surface area contributed by atoms with Gasteiger partial charge >= 0.3 is 0 Å². The first-order valence-electron chi connectivity index (χ1n) is 10.9. The van der Waals surface area contributed by atoms with Gasteiger partial charge < -0.3 is 34.7 Å². The van der Waals surface area contributed by atoms with Gasteiger partial charge in [0.25, 0.3) is 5.91 Å². The molecule has 1 unspecified atom stereocenters. The van der Waals surface area contributed by atoms with E-state index in [0.717, 1.165) is 0 Å². The lowest BCUT2D eigenvalue weighted by molar-refractivity contribution is -0.131. The summed E-state index contributed by atoms with van der Waals surface area (Å²) < 4.78 is 19.3. The summed E-state index contributed by atoms with van der Waals surface area (Å²) in [6, 6.07) is -0.323. The van der Waals surface area contributed by atoms with Gasteiger partial charge in [0.05, 0.1) is 25.8 Å². The normalized spacial score (nSPS) is 18.2. The van der Waals surface area contributed by atoms with Crippen LogP contribution in [-0.2, 0) is 28.6 Å². The molecule has 2 heterocycles. The molecule has 0 spiro atoms. The number of carbonyl (C=O) groups is 4. The van der Waals surface area contributed by atoms with Gasteiger partial charge in [-0.3, -0.25) is 19.2 Å². The number of amides is 3. The Labute approximate surface area is 199 Å². The lowest BCUT2D eigenvalue weighted by Gasteiger charge is -2.22. The molecule has 34 heavy (non-hydrogen) atoms. The van der Waals surface area contributed by atoms with Crippen molar-refractivity contribution in [2.75, 3.05) is 41.1 Å². The molecule has 3 amide bonds. The predicted molar refractivity (Wildman–Crippen MR) is 121 cm³/mol. The third-order valence-corrected chi connectivity index (χ3v) is 4.70. The molecule has 1 aliphatic heterocycles. The molecule has 1 aliphatic rings. The Morgan fingerprint density at radius 2 is 1.76 bits per heavy atom. The molecule has 0 bridgehead atoms. The molecule has 0 aliphatic carbocycles. The number of methoxy groups -OCH3 is 2. The smallest absolute Gasteiger partial charge is 0.274 e. The third kappa shape index (κ3) is 9.57. The fourth-order valence-electron chi connectivity index (χ4n) is 2.91. The quantitative estimate of drug-likeness (QED) is 0.347. The minimum Gasteiger partial charge on any atom is -0.388 e. The van der Waals surface area contributed by atoms with Gasteiger partial charge in [0.1, 0.15) is 17.4 Å². The number of carbonyl (C=O) groups excluding carboxylic acids is 4. The van der Waals surface area contributed by atoms with Crippen LogP contribution >= 0.6 is 0 Å². The fourth-order valence-corrected chi connectivity index (χ4v) is 2.91. The number of ether oxygens (including phenoxy) is 3. The minimum atomic E-state index is -1.05. The molecular weight excluding hydrogens is 448 g/mol. The molecule has 2 rings (SSSR count). The first kappa shape index (κ1) is 29.2. The van der Waals surface area contributed by atoms with Gasteiger partial charge in [-0.1, -0.05) is 19.0 Å². The van der Waals surface area contributed by atoms with Crippen LogP contribution in [0, 0.1) is 12.8 Å². The van der Waals surface area contributed by atoms with E-state index in [1.807, 2.05) is 13.8 Å². The van der Waals surface area contributed by atoms with Crippen molar-refractivity contribution in [1.29, 1.82) is 0 Å². The maximum atomic E-state index is 12.6. The van der Waals surface area contributed by atoms with E-state index in [-0.39, 0.29) is 30.5 Å². The second-order valence-corrected chi connectivity index (χ2v) is 8.56. The van der Waals surface area contributed by atoms with Gasteiger partial charge in [0, 0.05) is 27.4 Å². The molecule has 3 N–H and O–H groups in total. The van der Waals surface area contributed by atoms with Crippen molar-refractivity contribution in [1.82, 2.24) is 21.1 Å². The largest absolute Gasteiger partial charge is 0.388 e. The van der Waals surface area contributed by atoms with Gasteiger partial charge in [-0.15, -0.1) is 0 Å². The molecule has 12 nitrogen and oxygen atoms in total. The van der Waals surface area contributed by atoms with Crippen molar-refractivity contribution < 1.29 is 37.9 Å². The zero-order chi connectivity index (χ0) is 25.9. The lowest BCUT2D eigenvalue weighted by Crippen LogP contribution is -2.53. The first-order valence-corrected chi connectivity index (χ1v) is 10.9. The highest BCUT2D eigenvalue weighted by Crippen LogP contribution is 2.29. The average Bonchev–Trinajstić information content (AvgIpc) is 3.36. The molecule has 0 aromatic carbocycles. The van der Waals surface area contributed by atoms with Gasteiger partial charge in [0.2, 0.25) is 11.8 Å². The Hall–Kier alpha value is -2.83. The van der Waals surface area contributed by atoms with Crippen molar-refractivity contribution in [3.05, 3.63) is 17.5 Å². The van der Waals surface area contributed by atoms with Gasteiger partial charge in [0.15, 0.2) is 11.5 Å². The van der Waals surface area contributed by atoms with Crippen LogP contribution in [0.5, 0.6) is 0 Å². The van der Waals surface area contributed by atoms with Crippen LogP contribution in [-0.4, -0.2) is 87.4 Å². The van der Waals surface area contributed by atoms with E-state index in [1.165, 1.54) is 13.2 Å². The average molecular weight is 485 g/mol. The standard InChI is InChI=1S/C20H30N4O7.C2H6O/c1-11(2)6-13(17(26)20(4)10-30-20)22-16(25)8-21-18(27)15(9-29-5)23-19(28)14-7-12(3)31-24-14;1-3-2/h7,11,13,15H,6,8-10H2,1-5H3,(H,21,27)(H,22,25)(H,23,28);1-2H3/t13-,15?,20+;/m0./s1. The molecule has 0 saturated carbocycles. The Kier molecular flexibility index (Phi) is 11.8. The van der Waals surface area contributed by atoms with Crippen LogP contribution in [0.3, 0.4) is 0 Å². The highest BCUT2D eigenvalue weighted by Gasteiger charge is 2.50. The van der Waals surface area contributed by atoms with Crippen LogP contribution in [0.2, 0.25) is 0 Å². The van der Waals surface area contributed by atoms with Crippen LogP contribution in [0.25, 0.3) is 0 Å². The summed E-state index contributed by atoms with van der Waals surface area (Å²) in [4.78, 5) is 49.6. The monoisotopic (exact) mass is 484 g/mol. The number of epoxide rings is 1. The number of hydrogen-bond acceptors (Lipinski definition) is 9. The minimum absolute atomic E-state index is 0.0231. The Morgan fingerprint density at radius 3 is 2.24 bits per heavy atom. The van der Waals surface area contributed by atoms with Crippen molar-refractivity contribution in [2.24, 2.45) is 5.92 Å². The van der Waals surface area contributed by atoms with Crippen molar-refractivity contribution in [3.8, 4) is 0 Å². The van der Waals surface area contributed by atoms with E-state index < -0.39 is 35.4 Å². The van der Waals surface area contributed by atoms with Crippen molar-refractivity contribution in [3.63, 3.8) is 0 Å². The van der Waals surface area contributed by atoms with E-state index in [1.54, 1.807) is 28.1 Å². The number of ketones is 1. The van der Waals surface area contributed by atoms with E-state index in [4.69, 9.17) is 14.0 Å². The summed E-state index contributed by atoms with van der Waals surface area (Å²) in [6.45, 7) is 7.06. The number of nitrogens with zero attached hydrogens (tertiary/aromatic N) is 1. The number of aromatic nitrogens is 1. The molecule has 12 heteroatoms. The number of rotatable bonds is 12. The van der Waals surface area contributed by atoms with E-state index >= 15 is 0 Å². The number of hydrogen-bond donors (Lipinski definition) is 3. The summed E-state index contributed by atoms with van der Waals surface area (Å²) in [5.41, 5.74) is -0.835. The Bertz CT molecular complexity index is 835. The molecule has 3 atom stereocenters. The predicted octanol–water partition coefficient (Wildman–Crippen LogP) is -0.00448. The second-order valence-electron chi connectivity index (χ2n) is 8.56. The van der Waals surface area contributed by atoms with Gasteiger partial charge in [-0.05, 0) is 26.2 Å². The summed E-state index contributed by atoms with van der Waals surface area (Å²) in [7, 11) is 4.63. The molecule has 1 aromatic heterocycles.